The second-order valence-corrected chi connectivity index (χ2v) is 6.68. The van der Waals surface area contributed by atoms with E-state index in [1.165, 1.54) is 0 Å². The molecular weight excluding hydrogens is 376 g/mol. The average Bonchev–Trinajstić information content (AvgIpc) is 3.18. The number of rotatable bonds is 5. The van der Waals surface area contributed by atoms with Gasteiger partial charge in [0.15, 0.2) is 0 Å². The number of anilines is 3. The maximum atomic E-state index is 5.95. The van der Waals surface area contributed by atoms with Crippen LogP contribution in [0.2, 0.25) is 0 Å². The van der Waals surface area contributed by atoms with Crippen molar-refractivity contribution in [3.05, 3.63) is 91.3 Å². The summed E-state index contributed by atoms with van der Waals surface area (Å²) in [7, 11) is 0. The number of ether oxygens (including phenoxy) is 1. The van der Waals surface area contributed by atoms with Gasteiger partial charge in [-0.25, -0.2) is 9.67 Å². The third-order valence-electron chi connectivity index (χ3n) is 4.54. The number of hydrogen-bond donors (Lipinski definition) is 2. The third kappa shape index (κ3) is 3.64. The molecule has 0 unspecified atom stereocenters. The first-order valence-electron chi connectivity index (χ1n) is 9.41. The Balaban J connectivity index is 1.38. The molecule has 5 aromatic rings. The molecule has 0 atom stereocenters. The fraction of sp³-hybridized carbons (Fsp3) is 0. The van der Waals surface area contributed by atoms with Crippen LogP contribution in [0.15, 0.2) is 91.3 Å². The largest absolute Gasteiger partial charge is 0.439 e. The summed E-state index contributed by atoms with van der Waals surface area (Å²) >= 11 is 0. The number of para-hydroxylation sites is 1. The van der Waals surface area contributed by atoms with Crippen molar-refractivity contribution in [3.8, 4) is 17.3 Å². The molecule has 30 heavy (non-hydrogen) atoms. The van der Waals surface area contributed by atoms with Crippen LogP contribution in [0.1, 0.15) is 0 Å². The second kappa shape index (κ2) is 7.56. The highest BCUT2D eigenvalue weighted by atomic mass is 16.5. The summed E-state index contributed by atoms with van der Waals surface area (Å²) in [4.78, 5) is 8.66. The van der Waals surface area contributed by atoms with Crippen LogP contribution in [0.25, 0.3) is 16.6 Å². The Morgan fingerprint density at radius 3 is 2.67 bits per heavy atom. The van der Waals surface area contributed by atoms with Crippen molar-refractivity contribution >= 4 is 28.2 Å². The molecule has 0 fully saturated rings. The van der Waals surface area contributed by atoms with Crippen molar-refractivity contribution in [2.45, 2.75) is 0 Å². The van der Waals surface area contributed by atoms with Crippen LogP contribution in [-0.2, 0) is 0 Å². The Bertz CT molecular complexity index is 1320. The molecule has 7 nitrogen and oxygen atoms in total. The lowest BCUT2D eigenvalue weighted by Gasteiger charge is -2.08. The number of aromatic nitrogens is 4. The van der Waals surface area contributed by atoms with E-state index < -0.39 is 0 Å². The molecule has 3 aromatic carbocycles. The smallest absolute Gasteiger partial charge is 0.230 e. The molecule has 146 valence electrons. The van der Waals surface area contributed by atoms with Gasteiger partial charge in [-0.1, -0.05) is 24.3 Å². The van der Waals surface area contributed by atoms with Gasteiger partial charge in [-0.2, -0.15) is 10.1 Å². The first-order valence-corrected chi connectivity index (χ1v) is 9.41. The highest BCUT2D eigenvalue weighted by molar-refractivity contribution is 5.81. The van der Waals surface area contributed by atoms with E-state index in [4.69, 9.17) is 10.5 Å². The fourth-order valence-electron chi connectivity index (χ4n) is 3.17. The van der Waals surface area contributed by atoms with E-state index in [0.29, 0.717) is 23.3 Å². The van der Waals surface area contributed by atoms with E-state index in [0.717, 1.165) is 22.3 Å². The van der Waals surface area contributed by atoms with Gasteiger partial charge in [0.1, 0.15) is 5.75 Å². The molecule has 0 aliphatic carbocycles. The lowest BCUT2D eigenvalue weighted by molar-refractivity contribution is 0.463. The summed E-state index contributed by atoms with van der Waals surface area (Å²) in [5.74, 6) is 1.53. The van der Waals surface area contributed by atoms with Gasteiger partial charge in [0.2, 0.25) is 11.8 Å². The predicted octanol–water partition coefficient (Wildman–Crippen LogP) is 4.93. The Labute approximate surface area is 172 Å². The predicted molar refractivity (Wildman–Crippen MR) is 117 cm³/mol. The fourth-order valence-corrected chi connectivity index (χ4v) is 3.17. The zero-order valence-corrected chi connectivity index (χ0v) is 15.9. The number of benzene rings is 3. The van der Waals surface area contributed by atoms with Crippen molar-refractivity contribution < 1.29 is 4.74 Å². The van der Waals surface area contributed by atoms with Gasteiger partial charge < -0.3 is 15.8 Å². The zero-order valence-electron chi connectivity index (χ0n) is 15.9. The third-order valence-corrected chi connectivity index (χ3v) is 4.54. The normalized spacial score (nSPS) is 10.8. The minimum absolute atomic E-state index is 0.427. The SMILES string of the molecule is Nc1cccc(Nc2nccc(Oc3ccc4c(cnn4-c4ccccc4)c3)n2)c1. The van der Waals surface area contributed by atoms with Crippen LogP contribution in [0.3, 0.4) is 0 Å². The number of nitrogens with zero attached hydrogens (tertiary/aromatic N) is 4. The summed E-state index contributed by atoms with van der Waals surface area (Å²) in [6.07, 6.45) is 3.46. The molecule has 2 heterocycles. The molecule has 5 rings (SSSR count). The molecule has 0 saturated carbocycles. The lowest BCUT2D eigenvalue weighted by Crippen LogP contribution is -1.99. The molecular formula is C23H18N6O. The number of nitrogens with one attached hydrogen (secondary N) is 1. The van der Waals surface area contributed by atoms with Gasteiger partial charge in [0, 0.05) is 29.0 Å². The summed E-state index contributed by atoms with van der Waals surface area (Å²) in [5, 5.41) is 8.60. The van der Waals surface area contributed by atoms with Crippen molar-refractivity contribution in [2.75, 3.05) is 11.1 Å². The minimum atomic E-state index is 0.427. The van der Waals surface area contributed by atoms with Gasteiger partial charge in [-0.05, 0) is 48.5 Å². The van der Waals surface area contributed by atoms with Crippen molar-refractivity contribution in [3.63, 3.8) is 0 Å². The van der Waals surface area contributed by atoms with Crippen LogP contribution in [-0.4, -0.2) is 19.7 Å². The number of fused-ring (bicyclic) bond motifs is 1. The molecule has 7 heteroatoms. The molecule has 0 spiro atoms. The number of hydrogen-bond acceptors (Lipinski definition) is 6. The van der Waals surface area contributed by atoms with E-state index in [9.17, 15) is 0 Å². The minimum Gasteiger partial charge on any atom is -0.439 e. The number of nitrogen functional groups attached to an aromatic ring is 1. The van der Waals surface area contributed by atoms with Crippen molar-refractivity contribution in [2.24, 2.45) is 0 Å². The molecule has 0 aliphatic heterocycles. The van der Waals surface area contributed by atoms with Crippen LogP contribution in [0.4, 0.5) is 17.3 Å². The van der Waals surface area contributed by atoms with Gasteiger partial charge in [-0.3, -0.25) is 0 Å². The summed E-state index contributed by atoms with van der Waals surface area (Å²) in [6.45, 7) is 0. The Kier molecular flexibility index (Phi) is 4.46. The van der Waals surface area contributed by atoms with Gasteiger partial charge in [0.25, 0.3) is 0 Å². The van der Waals surface area contributed by atoms with Crippen LogP contribution in [0.5, 0.6) is 11.6 Å². The molecule has 2 aromatic heterocycles. The summed E-state index contributed by atoms with van der Waals surface area (Å²) < 4.78 is 7.85. The van der Waals surface area contributed by atoms with E-state index in [1.54, 1.807) is 12.3 Å². The number of nitrogens with two attached hydrogens (primary N) is 1. The maximum Gasteiger partial charge on any atom is 0.230 e. The average molecular weight is 394 g/mol. The first kappa shape index (κ1) is 17.7. The summed E-state index contributed by atoms with van der Waals surface area (Å²) in [6, 6.07) is 24.9. The van der Waals surface area contributed by atoms with Gasteiger partial charge in [-0.15, -0.1) is 0 Å². The van der Waals surface area contributed by atoms with Crippen LogP contribution >= 0.6 is 0 Å². The zero-order chi connectivity index (χ0) is 20.3. The van der Waals surface area contributed by atoms with Crippen LogP contribution < -0.4 is 15.8 Å². The molecule has 0 amide bonds. The monoisotopic (exact) mass is 394 g/mol. The molecule has 3 N–H and O–H groups in total. The molecule has 0 saturated heterocycles. The quantitative estimate of drug-likeness (QED) is 0.411. The van der Waals surface area contributed by atoms with E-state index in [1.807, 2.05) is 83.7 Å². The highest BCUT2D eigenvalue weighted by Gasteiger charge is 2.08. The Morgan fingerprint density at radius 2 is 1.80 bits per heavy atom. The topological polar surface area (TPSA) is 90.9 Å². The Morgan fingerprint density at radius 1 is 0.900 bits per heavy atom. The van der Waals surface area contributed by atoms with E-state index >= 15 is 0 Å². The van der Waals surface area contributed by atoms with Gasteiger partial charge >= 0.3 is 0 Å². The van der Waals surface area contributed by atoms with Gasteiger partial charge in [0.05, 0.1) is 17.4 Å². The maximum absolute atomic E-state index is 5.95. The van der Waals surface area contributed by atoms with E-state index in [-0.39, 0.29) is 0 Å². The van der Waals surface area contributed by atoms with Crippen LogP contribution in [0, 0.1) is 0 Å². The highest BCUT2D eigenvalue weighted by Crippen LogP contribution is 2.27. The molecule has 0 bridgehead atoms. The first-order chi connectivity index (χ1) is 14.7. The molecule has 0 radical (unpaired) electrons. The van der Waals surface area contributed by atoms with Crippen molar-refractivity contribution in [1.29, 1.82) is 0 Å². The molecule has 0 aliphatic rings. The summed E-state index contributed by atoms with van der Waals surface area (Å²) in [5.41, 5.74) is 9.30. The Hall–Kier alpha value is -4.39. The lowest BCUT2D eigenvalue weighted by atomic mass is 10.2. The van der Waals surface area contributed by atoms with E-state index in [2.05, 4.69) is 20.4 Å². The van der Waals surface area contributed by atoms with Crippen molar-refractivity contribution in [1.82, 2.24) is 19.7 Å². The standard InChI is InChI=1S/C23H18N6O/c24-17-5-4-6-18(14-17)27-23-25-12-11-22(28-23)30-20-9-10-21-16(13-20)15-26-29(21)19-7-2-1-3-8-19/h1-15H,24H2,(H,25,27,28). The second-order valence-electron chi connectivity index (χ2n) is 6.68.